The Morgan fingerprint density at radius 3 is 2.00 bits per heavy atom. The van der Waals surface area contributed by atoms with Crippen LogP contribution in [0.15, 0.2) is 0 Å². The van der Waals surface area contributed by atoms with Gasteiger partial charge in [0.05, 0.1) is 0 Å². The molecule has 0 aliphatic rings. The molecule has 0 amide bonds. The van der Waals surface area contributed by atoms with Crippen LogP contribution in [0.1, 0.15) is 0 Å². The minimum absolute atomic E-state index is 0. The Hall–Kier alpha value is -0.0297. The molecule has 0 saturated carbocycles. The van der Waals surface area contributed by atoms with Crippen molar-refractivity contribution in [2.45, 2.75) is 0 Å². The number of hydrogen-bond donors (Lipinski definition) is 1. The Balaban J connectivity index is 0. The van der Waals surface area contributed by atoms with Crippen molar-refractivity contribution in [3.63, 3.8) is 0 Å². The zero-order valence-corrected chi connectivity index (χ0v) is 4.09. The van der Waals surface area contributed by atoms with Gasteiger partial charge in [-0.15, -0.1) is 0 Å². The molecule has 6 heavy (non-hydrogen) atoms. The maximum atomic E-state index is 8.91. The van der Waals surface area contributed by atoms with E-state index < -0.39 is 6.16 Å². The Labute approximate surface area is 49.7 Å². The zero-order chi connectivity index (χ0) is 4.28. The van der Waals surface area contributed by atoms with E-state index in [1.807, 2.05) is 0 Å². The van der Waals surface area contributed by atoms with Crippen LogP contribution in [0, 0.1) is 0 Å². The minimum atomic E-state index is -1.72. The maximum Gasteiger partial charge on any atom is 1.00 e. The molecule has 0 atom stereocenters. The summed E-state index contributed by atoms with van der Waals surface area (Å²) in [6.07, 6.45) is -1.72. The van der Waals surface area contributed by atoms with Gasteiger partial charge in [0.2, 0.25) is 0 Å². The molecular formula is CH2AgNO3. The fraction of sp³-hybridized carbons (Fsp3) is 0. The fourth-order valence-electron chi connectivity index (χ4n) is 0. The van der Waals surface area contributed by atoms with Crippen LogP contribution in [0.5, 0.6) is 0 Å². The van der Waals surface area contributed by atoms with Gasteiger partial charge in [-0.05, 0) is 0 Å². The Morgan fingerprint density at radius 1 is 1.83 bits per heavy atom. The van der Waals surface area contributed by atoms with Crippen LogP contribution < -0.4 is 11.0 Å². The third kappa shape index (κ3) is 9.02. The van der Waals surface area contributed by atoms with Crippen LogP contribution in [-0.4, -0.2) is 6.16 Å². The number of rotatable bonds is 0. The zero-order valence-electron chi connectivity index (χ0n) is 2.60. The van der Waals surface area contributed by atoms with E-state index in [1.54, 1.807) is 0 Å². The molecule has 0 aromatic rings. The summed E-state index contributed by atoms with van der Waals surface area (Å²) >= 11 is 0. The van der Waals surface area contributed by atoms with Crippen LogP contribution in [0.2, 0.25) is 0 Å². The first kappa shape index (κ1) is 9.36. The standard InChI is InChI=1S/CH3NO3.Ag/c2-5-1(3)4;/h2H2,(H,3,4);/q;+1/p-1. The Bertz CT molecular complexity index is 46.1. The molecule has 0 rings (SSSR count). The van der Waals surface area contributed by atoms with Gasteiger partial charge in [-0.1, -0.05) is 0 Å². The van der Waals surface area contributed by atoms with Crippen molar-refractivity contribution in [1.82, 2.24) is 0 Å². The van der Waals surface area contributed by atoms with Gasteiger partial charge in [0.15, 0.2) is 0 Å². The van der Waals surface area contributed by atoms with Crippen molar-refractivity contribution >= 4 is 6.16 Å². The van der Waals surface area contributed by atoms with E-state index in [-0.39, 0.29) is 22.4 Å². The summed E-state index contributed by atoms with van der Waals surface area (Å²) in [6.45, 7) is 0. The van der Waals surface area contributed by atoms with Gasteiger partial charge in [-0.3, -0.25) is 0 Å². The van der Waals surface area contributed by atoms with Crippen molar-refractivity contribution in [2.75, 3.05) is 0 Å². The minimum Gasteiger partial charge on any atom is -0.472 e. The van der Waals surface area contributed by atoms with E-state index in [0.717, 1.165) is 0 Å². The monoisotopic (exact) mass is 183 g/mol. The van der Waals surface area contributed by atoms with E-state index >= 15 is 0 Å². The first-order valence-electron chi connectivity index (χ1n) is 0.848. The van der Waals surface area contributed by atoms with E-state index in [2.05, 4.69) is 10.7 Å². The predicted molar refractivity (Wildman–Crippen MR) is 10.7 cm³/mol. The summed E-state index contributed by atoms with van der Waals surface area (Å²) < 4.78 is 0. The van der Waals surface area contributed by atoms with Crippen molar-refractivity contribution < 1.29 is 37.1 Å². The predicted octanol–water partition coefficient (Wildman–Crippen LogP) is -1.78. The molecule has 40 valence electrons. The summed E-state index contributed by atoms with van der Waals surface area (Å²) in [4.78, 5) is 12.0. The summed E-state index contributed by atoms with van der Waals surface area (Å²) in [5.41, 5.74) is 0. The van der Waals surface area contributed by atoms with E-state index in [9.17, 15) is 0 Å². The van der Waals surface area contributed by atoms with Crippen molar-refractivity contribution in [3.8, 4) is 0 Å². The van der Waals surface area contributed by atoms with Gasteiger partial charge in [0, 0.05) is 0 Å². The van der Waals surface area contributed by atoms with E-state index in [1.165, 1.54) is 0 Å². The summed E-state index contributed by atoms with van der Waals surface area (Å²) in [6, 6.07) is 0. The summed E-state index contributed by atoms with van der Waals surface area (Å²) in [5.74, 6) is 4.01. The molecule has 0 aromatic heterocycles. The average molecular weight is 184 g/mol. The molecule has 2 N–H and O–H groups in total. The van der Waals surface area contributed by atoms with Crippen LogP contribution in [0.3, 0.4) is 0 Å². The van der Waals surface area contributed by atoms with E-state index in [4.69, 9.17) is 9.90 Å². The molecular weight excluding hydrogens is 182 g/mol. The third-order valence-electron chi connectivity index (χ3n) is 0.0962. The Kier molecular flexibility index (Phi) is 7.75. The van der Waals surface area contributed by atoms with Crippen LogP contribution in [0.25, 0.3) is 0 Å². The number of carboxylic acid groups (broad SMARTS) is 1. The second kappa shape index (κ2) is 4.97. The number of carbonyl (C=O) groups is 1. The first-order chi connectivity index (χ1) is 2.27. The first-order valence-corrected chi connectivity index (χ1v) is 0.848. The molecule has 0 aliphatic carbocycles. The average Bonchev–Trinajstić information content (AvgIpc) is 1.38. The molecule has 0 spiro atoms. The van der Waals surface area contributed by atoms with Gasteiger partial charge < -0.3 is 14.7 Å². The molecule has 0 aromatic carbocycles. The molecule has 4 nitrogen and oxygen atoms in total. The summed E-state index contributed by atoms with van der Waals surface area (Å²) in [5, 5.41) is 8.91. The molecule has 0 fully saturated rings. The molecule has 0 bridgehead atoms. The number of hydrogen-bond acceptors (Lipinski definition) is 4. The third-order valence-corrected chi connectivity index (χ3v) is 0.0962. The van der Waals surface area contributed by atoms with Gasteiger partial charge >= 0.3 is 22.4 Å². The maximum absolute atomic E-state index is 8.91. The SMILES string of the molecule is NOC(=O)[O-].[Ag+]. The molecule has 0 saturated heterocycles. The van der Waals surface area contributed by atoms with Crippen molar-refractivity contribution in [2.24, 2.45) is 5.90 Å². The second-order valence-electron chi connectivity index (χ2n) is 0.368. The molecule has 0 unspecified atom stereocenters. The number of carbonyl (C=O) groups excluding carboxylic acids is 1. The molecule has 5 heteroatoms. The fourth-order valence-corrected chi connectivity index (χ4v) is 0. The topological polar surface area (TPSA) is 75.4 Å². The Morgan fingerprint density at radius 2 is 2.00 bits per heavy atom. The van der Waals surface area contributed by atoms with E-state index in [0.29, 0.717) is 0 Å². The van der Waals surface area contributed by atoms with Crippen LogP contribution >= 0.6 is 0 Å². The molecule has 0 radical (unpaired) electrons. The van der Waals surface area contributed by atoms with Gasteiger partial charge in [-0.2, -0.15) is 0 Å². The quantitative estimate of drug-likeness (QED) is 0.356. The molecule has 0 aliphatic heterocycles. The molecule has 0 heterocycles. The largest absolute Gasteiger partial charge is 1.00 e. The van der Waals surface area contributed by atoms with Gasteiger partial charge in [0.1, 0.15) is 0 Å². The van der Waals surface area contributed by atoms with Crippen molar-refractivity contribution in [3.05, 3.63) is 0 Å². The second-order valence-corrected chi connectivity index (χ2v) is 0.368. The normalized spacial score (nSPS) is 5.50. The van der Waals surface area contributed by atoms with Gasteiger partial charge in [0.25, 0.3) is 6.16 Å². The van der Waals surface area contributed by atoms with Crippen molar-refractivity contribution in [1.29, 1.82) is 0 Å². The summed E-state index contributed by atoms with van der Waals surface area (Å²) in [7, 11) is 0. The van der Waals surface area contributed by atoms with Crippen LogP contribution in [-0.2, 0) is 27.2 Å². The van der Waals surface area contributed by atoms with Gasteiger partial charge in [-0.25, -0.2) is 5.90 Å². The number of nitrogens with two attached hydrogens (primary N) is 1. The van der Waals surface area contributed by atoms with Crippen LogP contribution in [0.4, 0.5) is 4.79 Å². The smallest absolute Gasteiger partial charge is 0.472 e.